The topological polar surface area (TPSA) is 51.3 Å². The SMILES string of the molecule is CC1CCCCN1C(=O)c1ccc(-n2nc(C(F)(F)F)c3c2-c2ccoc2CC3)cc1. The van der Waals surface area contributed by atoms with Gasteiger partial charge in [-0.05, 0) is 62.9 Å². The molecule has 1 unspecified atom stereocenters. The number of amides is 1. The summed E-state index contributed by atoms with van der Waals surface area (Å²) in [4.78, 5) is 14.8. The van der Waals surface area contributed by atoms with Gasteiger partial charge >= 0.3 is 6.18 Å². The number of piperidine rings is 1. The van der Waals surface area contributed by atoms with Crippen molar-refractivity contribution in [3.05, 3.63) is 59.2 Å². The Morgan fingerprint density at radius 1 is 1.13 bits per heavy atom. The predicted molar refractivity (Wildman–Crippen MR) is 108 cm³/mol. The molecule has 1 fully saturated rings. The standard InChI is InChI=1S/C23H22F3N3O2/c1-14-4-2-3-12-28(14)22(30)15-5-7-16(8-6-15)29-20-17-11-13-31-19(17)10-9-18(20)21(27-29)23(24,25)26/h5-8,11,13-14H,2-4,9-10,12H2,1H3. The Morgan fingerprint density at radius 2 is 1.90 bits per heavy atom. The summed E-state index contributed by atoms with van der Waals surface area (Å²) >= 11 is 0. The van der Waals surface area contributed by atoms with Gasteiger partial charge in [0.2, 0.25) is 0 Å². The van der Waals surface area contributed by atoms with Gasteiger partial charge in [0.25, 0.3) is 5.91 Å². The lowest BCUT2D eigenvalue weighted by molar-refractivity contribution is -0.142. The highest BCUT2D eigenvalue weighted by Gasteiger charge is 2.41. The highest BCUT2D eigenvalue weighted by molar-refractivity contribution is 5.94. The van der Waals surface area contributed by atoms with Crippen molar-refractivity contribution in [3.8, 4) is 16.9 Å². The minimum atomic E-state index is -4.54. The van der Waals surface area contributed by atoms with Crippen molar-refractivity contribution in [1.29, 1.82) is 0 Å². The first kappa shape index (κ1) is 19.9. The number of likely N-dealkylation sites (tertiary alicyclic amines) is 1. The third kappa shape index (κ3) is 3.34. The van der Waals surface area contributed by atoms with E-state index in [1.807, 2.05) is 11.8 Å². The number of rotatable bonds is 2. The Bertz CT molecular complexity index is 1130. The first-order valence-corrected chi connectivity index (χ1v) is 10.5. The number of aryl methyl sites for hydroxylation is 1. The summed E-state index contributed by atoms with van der Waals surface area (Å²) in [5.74, 6) is 0.614. The van der Waals surface area contributed by atoms with Gasteiger partial charge in [-0.2, -0.15) is 18.3 Å². The number of hydrogen-bond donors (Lipinski definition) is 0. The van der Waals surface area contributed by atoms with Crippen LogP contribution in [0.5, 0.6) is 0 Å². The number of furan rings is 1. The molecular formula is C23H22F3N3O2. The molecule has 2 aromatic heterocycles. The molecular weight excluding hydrogens is 407 g/mol. The van der Waals surface area contributed by atoms with E-state index in [1.165, 1.54) is 10.9 Å². The molecule has 3 heterocycles. The fourth-order valence-electron chi connectivity index (χ4n) is 4.67. The van der Waals surface area contributed by atoms with Gasteiger partial charge in [0, 0.05) is 35.7 Å². The fraction of sp³-hybridized carbons (Fsp3) is 0.391. The van der Waals surface area contributed by atoms with E-state index in [1.54, 1.807) is 30.3 Å². The summed E-state index contributed by atoms with van der Waals surface area (Å²) in [5, 5.41) is 3.94. The second-order valence-electron chi connectivity index (χ2n) is 8.23. The average Bonchev–Trinajstić information content (AvgIpc) is 3.38. The van der Waals surface area contributed by atoms with Crippen molar-refractivity contribution in [2.24, 2.45) is 0 Å². The lowest BCUT2D eigenvalue weighted by atomic mass is 9.94. The molecule has 0 spiro atoms. The van der Waals surface area contributed by atoms with Crippen LogP contribution >= 0.6 is 0 Å². The Labute approximate surface area is 177 Å². The van der Waals surface area contributed by atoms with E-state index in [9.17, 15) is 18.0 Å². The number of halogens is 3. The fourth-order valence-corrected chi connectivity index (χ4v) is 4.67. The molecule has 1 saturated heterocycles. The van der Waals surface area contributed by atoms with Gasteiger partial charge in [0.1, 0.15) is 5.76 Å². The van der Waals surface area contributed by atoms with Crippen molar-refractivity contribution in [3.63, 3.8) is 0 Å². The third-order valence-corrected chi connectivity index (χ3v) is 6.28. The third-order valence-electron chi connectivity index (χ3n) is 6.28. The van der Waals surface area contributed by atoms with Crippen LogP contribution in [0.3, 0.4) is 0 Å². The normalized spacial score (nSPS) is 18.6. The average molecular weight is 429 g/mol. The molecule has 8 heteroatoms. The van der Waals surface area contributed by atoms with E-state index in [2.05, 4.69) is 5.10 Å². The van der Waals surface area contributed by atoms with Crippen LogP contribution in [0.2, 0.25) is 0 Å². The van der Waals surface area contributed by atoms with Crippen molar-refractivity contribution in [2.45, 2.75) is 51.2 Å². The summed E-state index contributed by atoms with van der Waals surface area (Å²) in [6.07, 6.45) is 0.658. The highest BCUT2D eigenvalue weighted by atomic mass is 19.4. The minimum Gasteiger partial charge on any atom is -0.469 e. The summed E-state index contributed by atoms with van der Waals surface area (Å²) < 4.78 is 47.8. The molecule has 0 saturated carbocycles. The molecule has 1 aliphatic heterocycles. The second kappa shape index (κ2) is 7.28. The van der Waals surface area contributed by atoms with Crippen molar-refractivity contribution >= 4 is 5.91 Å². The van der Waals surface area contributed by atoms with E-state index >= 15 is 0 Å². The van der Waals surface area contributed by atoms with E-state index in [4.69, 9.17) is 4.42 Å². The molecule has 0 radical (unpaired) electrons. The van der Waals surface area contributed by atoms with E-state index in [0.717, 1.165) is 25.8 Å². The Balaban J connectivity index is 1.54. The summed E-state index contributed by atoms with van der Waals surface area (Å²) in [6, 6.07) is 8.51. The Hall–Kier alpha value is -3.03. The zero-order valence-corrected chi connectivity index (χ0v) is 17.1. The van der Waals surface area contributed by atoms with Crippen LogP contribution in [-0.2, 0) is 19.0 Å². The van der Waals surface area contributed by atoms with Crippen LogP contribution in [-0.4, -0.2) is 33.2 Å². The molecule has 31 heavy (non-hydrogen) atoms. The maximum Gasteiger partial charge on any atom is 0.435 e. The molecule has 0 bridgehead atoms. The van der Waals surface area contributed by atoms with Gasteiger partial charge in [-0.3, -0.25) is 4.79 Å². The van der Waals surface area contributed by atoms with Crippen molar-refractivity contribution in [1.82, 2.24) is 14.7 Å². The van der Waals surface area contributed by atoms with Gasteiger partial charge in [-0.25, -0.2) is 4.68 Å². The molecule has 1 aliphatic carbocycles. The molecule has 162 valence electrons. The molecule has 1 amide bonds. The number of fused-ring (bicyclic) bond motifs is 3. The monoisotopic (exact) mass is 429 g/mol. The quantitative estimate of drug-likeness (QED) is 0.558. The van der Waals surface area contributed by atoms with Gasteiger partial charge in [0.05, 0.1) is 17.6 Å². The largest absolute Gasteiger partial charge is 0.469 e. The van der Waals surface area contributed by atoms with Gasteiger partial charge in [-0.15, -0.1) is 0 Å². The maximum atomic E-state index is 13.7. The van der Waals surface area contributed by atoms with Crippen LogP contribution in [0.25, 0.3) is 16.9 Å². The number of carbonyl (C=O) groups excluding carboxylic acids is 1. The second-order valence-corrected chi connectivity index (χ2v) is 8.23. The highest BCUT2D eigenvalue weighted by Crippen LogP contribution is 2.42. The van der Waals surface area contributed by atoms with Crippen LogP contribution < -0.4 is 0 Å². The predicted octanol–water partition coefficient (Wildman–Crippen LogP) is 5.26. The van der Waals surface area contributed by atoms with Crippen LogP contribution in [0.1, 0.15) is 53.6 Å². The summed E-state index contributed by atoms with van der Waals surface area (Å²) in [5.41, 5.74) is 1.36. The van der Waals surface area contributed by atoms with E-state index in [0.29, 0.717) is 34.7 Å². The number of aromatic nitrogens is 2. The smallest absolute Gasteiger partial charge is 0.435 e. The van der Waals surface area contributed by atoms with Crippen LogP contribution in [0, 0.1) is 0 Å². The van der Waals surface area contributed by atoms with Crippen molar-refractivity contribution < 1.29 is 22.4 Å². The van der Waals surface area contributed by atoms with Crippen LogP contribution in [0.15, 0.2) is 41.0 Å². The first-order valence-electron chi connectivity index (χ1n) is 10.5. The zero-order chi connectivity index (χ0) is 21.8. The summed E-state index contributed by atoms with van der Waals surface area (Å²) in [6.45, 7) is 2.77. The molecule has 2 aliphatic rings. The van der Waals surface area contributed by atoms with Gasteiger partial charge in [-0.1, -0.05) is 0 Å². The maximum absolute atomic E-state index is 13.7. The van der Waals surface area contributed by atoms with Gasteiger partial charge < -0.3 is 9.32 Å². The molecule has 3 aromatic rings. The minimum absolute atomic E-state index is 0.0469. The van der Waals surface area contributed by atoms with Gasteiger partial charge in [0.15, 0.2) is 5.69 Å². The number of nitrogens with zero attached hydrogens (tertiary/aromatic N) is 3. The lowest BCUT2D eigenvalue weighted by Crippen LogP contribution is -2.42. The molecule has 1 aromatic carbocycles. The molecule has 1 atom stereocenters. The number of alkyl halides is 3. The number of carbonyl (C=O) groups is 1. The molecule has 5 rings (SSSR count). The Morgan fingerprint density at radius 3 is 2.61 bits per heavy atom. The Kier molecular flexibility index (Phi) is 4.68. The summed E-state index contributed by atoms with van der Waals surface area (Å²) in [7, 11) is 0. The zero-order valence-electron chi connectivity index (χ0n) is 17.1. The van der Waals surface area contributed by atoms with Crippen molar-refractivity contribution in [2.75, 3.05) is 6.54 Å². The van der Waals surface area contributed by atoms with E-state index in [-0.39, 0.29) is 23.9 Å². The first-order chi connectivity index (χ1) is 14.8. The van der Waals surface area contributed by atoms with Crippen LogP contribution in [0.4, 0.5) is 13.2 Å². The number of benzene rings is 1. The van der Waals surface area contributed by atoms with E-state index < -0.39 is 11.9 Å². The number of hydrogen-bond acceptors (Lipinski definition) is 3. The lowest BCUT2D eigenvalue weighted by Gasteiger charge is -2.33. The molecule has 0 N–H and O–H groups in total. The molecule has 5 nitrogen and oxygen atoms in total.